The first-order valence-corrected chi connectivity index (χ1v) is 7.54. The van der Waals surface area contributed by atoms with Crippen molar-refractivity contribution < 1.29 is 14.3 Å². The number of Topliss-reactive ketones (excluding diaryl/α,β-unsaturated/α-hetero) is 1. The predicted molar refractivity (Wildman–Crippen MR) is 77.4 cm³/mol. The van der Waals surface area contributed by atoms with Crippen LogP contribution >= 0.6 is 0 Å². The number of aliphatic hydroxyl groups is 1. The van der Waals surface area contributed by atoms with Crippen molar-refractivity contribution >= 4 is 5.78 Å². The van der Waals surface area contributed by atoms with Crippen LogP contribution in [0.3, 0.4) is 0 Å². The predicted octanol–water partition coefficient (Wildman–Crippen LogP) is 3.82. The van der Waals surface area contributed by atoms with E-state index < -0.39 is 0 Å². The lowest BCUT2D eigenvalue weighted by molar-refractivity contribution is 0.0513. The Labute approximate surface area is 120 Å². The van der Waals surface area contributed by atoms with Crippen molar-refractivity contribution in [3.63, 3.8) is 0 Å². The number of hydrogen-bond acceptors (Lipinski definition) is 2. The van der Waals surface area contributed by atoms with Gasteiger partial charge in [-0.2, -0.15) is 0 Å². The van der Waals surface area contributed by atoms with Crippen molar-refractivity contribution in [3.05, 3.63) is 34.6 Å². The number of carbonyl (C=O) groups excluding carboxylic acids is 1. The molecule has 0 saturated heterocycles. The van der Waals surface area contributed by atoms with E-state index >= 15 is 0 Å². The standard InChI is InChI=1S/C15H17FO2.C2H6/c1-9-6-12-10(7-13(9)16)8-15(14(12)18)4-2-11(17)3-5-15;1-2/h6-7,11,17H,2-5,8H2,1H3;1-2H3. The smallest absolute Gasteiger partial charge is 0.169 e. The SMILES string of the molecule is CC.Cc1cc2c(cc1F)CC1(CCC(O)CC1)C2=O. The first kappa shape index (κ1) is 15.2. The summed E-state index contributed by atoms with van der Waals surface area (Å²) in [5.41, 5.74) is 1.72. The summed E-state index contributed by atoms with van der Waals surface area (Å²) in [5, 5.41) is 9.57. The van der Waals surface area contributed by atoms with Crippen molar-refractivity contribution in [2.45, 2.75) is 59.0 Å². The highest BCUT2D eigenvalue weighted by atomic mass is 19.1. The van der Waals surface area contributed by atoms with Gasteiger partial charge in [-0.15, -0.1) is 0 Å². The average molecular weight is 278 g/mol. The average Bonchev–Trinajstić information content (AvgIpc) is 2.70. The zero-order chi connectivity index (χ0) is 14.9. The monoisotopic (exact) mass is 278 g/mol. The van der Waals surface area contributed by atoms with E-state index in [4.69, 9.17) is 0 Å². The van der Waals surface area contributed by atoms with E-state index in [0.717, 1.165) is 18.4 Å². The Morgan fingerprint density at radius 3 is 2.45 bits per heavy atom. The van der Waals surface area contributed by atoms with Crippen LogP contribution in [0.15, 0.2) is 12.1 Å². The quantitative estimate of drug-likeness (QED) is 0.783. The topological polar surface area (TPSA) is 37.3 Å². The summed E-state index contributed by atoms with van der Waals surface area (Å²) in [7, 11) is 0. The fourth-order valence-electron chi connectivity index (χ4n) is 3.37. The molecule has 0 atom stereocenters. The third-order valence-electron chi connectivity index (χ3n) is 4.55. The second-order valence-corrected chi connectivity index (χ2v) is 5.78. The molecule has 0 bridgehead atoms. The van der Waals surface area contributed by atoms with Crippen LogP contribution < -0.4 is 0 Å². The van der Waals surface area contributed by atoms with E-state index in [1.54, 1.807) is 13.0 Å². The van der Waals surface area contributed by atoms with Crippen molar-refractivity contribution in [1.82, 2.24) is 0 Å². The Morgan fingerprint density at radius 2 is 1.85 bits per heavy atom. The van der Waals surface area contributed by atoms with Crippen molar-refractivity contribution in [3.8, 4) is 0 Å². The number of fused-ring (bicyclic) bond motifs is 1. The van der Waals surface area contributed by atoms with E-state index in [-0.39, 0.29) is 23.1 Å². The summed E-state index contributed by atoms with van der Waals surface area (Å²) in [6.45, 7) is 5.69. The second kappa shape index (κ2) is 5.65. The fraction of sp³-hybridized carbons (Fsp3) is 0.588. The van der Waals surface area contributed by atoms with Crippen LogP contribution in [0.25, 0.3) is 0 Å². The Kier molecular flexibility index (Phi) is 4.28. The number of halogens is 1. The Bertz CT molecular complexity index is 514. The first-order chi connectivity index (χ1) is 9.52. The summed E-state index contributed by atoms with van der Waals surface area (Å²) in [6.07, 6.45) is 3.18. The molecule has 3 heteroatoms. The number of benzene rings is 1. The molecule has 1 fully saturated rings. The molecule has 110 valence electrons. The van der Waals surface area contributed by atoms with Crippen molar-refractivity contribution in [2.75, 3.05) is 0 Å². The van der Waals surface area contributed by atoms with Crippen LogP contribution in [-0.2, 0) is 6.42 Å². The summed E-state index contributed by atoms with van der Waals surface area (Å²) in [4.78, 5) is 12.5. The zero-order valence-corrected chi connectivity index (χ0v) is 12.5. The number of carbonyl (C=O) groups is 1. The molecule has 1 N–H and O–H groups in total. The molecule has 0 aromatic heterocycles. The first-order valence-electron chi connectivity index (χ1n) is 7.54. The lowest BCUT2D eigenvalue weighted by Crippen LogP contribution is -2.34. The highest BCUT2D eigenvalue weighted by molar-refractivity contribution is 6.05. The largest absolute Gasteiger partial charge is 0.393 e. The van der Waals surface area contributed by atoms with E-state index in [1.807, 2.05) is 13.8 Å². The van der Waals surface area contributed by atoms with Gasteiger partial charge in [-0.3, -0.25) is 4.79 Å². The summed E-state index contributed by atoms with van der Waals surface area (Å²) >= 11 is 0. The summed E-state index contributed by atoms with van der Waals surface area (Å²) in [5.74, 6) is -0.0676. The van der Waals surface area contributed by atoms with Gasteiger partial charge in [0.2, 0.25) is 0 Å². The van der Waals surface area contributed by atoms with Gasteiger partial charge in [-0.1, -0.05) is 13.8 Å². The number of ketones is 1. The molecule has 0 amide bonds. The van der Waals surface area contributed by atoms with Crippen LogP contribution in [0.2, 0.25) is 0 Å². The van der Waals surface area contributed by atoms with Gasteiger partial charge >= 0.3 is 0 Å². The molecule has 20 heavy (non-hydrogen) atoms. The molecule has 0 unspecified atom stereocenters. The van der Waals surface area contributed by atoms with Gasteiger partial charge in [-0.05, 0) is 62.3 Å². The molecule has 0 radical (unpaired) electrons. The van der Waals surface area contributed by atoms with Gasteiger partial charge in [0.25, 0.3) is 0 Å². The molecular formula is C17H23FO2. The van der Waals surface area contributed by atoms with Crippen molar-refractivity contribution in [2.24, 2.45) is 5.41 Å². The van der Waals surface area contributed by atoms with E-state index in [2.05, 4.69) is 0 Å². The van der Waals surface area contributed by atoms with Gasteiger partial charge in [0, 0.05) is 11.0 Å². The molecule has 1 spiro atoms. The Morgan fingerprint density at radius 1 is 1.25 bits per heavy atom. The minimum absolute atomic E-state index is 0.160. The molecule has 1 aromatic rings. The molecule has 0 aliphatic heterocycles. The molecule has 0 heterocycles. The highest BCUT2D eigenvalue weighted by Crippen LogP contribution is 2.47. The van der Waals surface area contributed by atoms with Gasteiger partial charge in [-0.25, -0.2) is 4.39 Å². The Hall–Kier alpha value is -1.22. The maximum Gasteiger partial charge on any atom is 0.169 e. The number of hydrogen-bond donors (Lipinski definition) is 1. The van der Waals surface area contributed by atoms with Crippen LogP contribution in [0.4, 0.5) is 4.39 Å². The molecule has 1 aromatic carbocycles. The molecule has 3 rings (SSSR count). The van der Waals surface area contributed by atoms with Crippen LogP contribution in [0.1, 0.15) is 61.0 Å². The third kappa shape index (κ3) is 2.39. The number of aliphatic hydroxyl groups excluding tert-OH is 1. The minimum atomic E-state index is -0.359. The van der Waals surface area contributed by atoms with Gasteiger partial charge < -0.3 is 5.11 Å². The maximum absolute atomic E-state index is 13.6. The lowest BCUT2D eigenvalue weighted by Gasteiger charge is -2.33. The molecule has 2 nitrogen and oxygen atoms in total. The van der Waals surface area contributed by atoms with E-state index in [1.165, 1.54) is 6.07 Å². The maximum atomic E-state index is 13.6. The lowest BCUT2D eigenvalue weighted by atomic mass is 9.70. The van der Waals surface area contributed by atoms with Gasteiger partial charge in [0.1, 0.15) is 5.82 Å². The molecule has 2 aliphatic carbocycles. The molecule has 1 saturated carbocycles. The van der Waals surface area contributed by atoms with Crippen LogP contribution in [-0.4, -0.2) is 17.0 Å². The summed E-state index contributed by atoms with van der Waals surface area (Å²) in [6, 6.07) is 3.20. The Balaban J connectivity index is 0.000000704. The van der Waals surface area contributed by atoms with E-state index in [9.17, 15) is 14.3 Å². The van der Waals surface area contributed by atoms with E-state index in [0.29, 0.717) is 30.4 Å². The van der Waals surface area contributed by atoms with Crippen molar-refractivity contribution in [1.29, 1.82) is 0 Å². The molecule has 2 aliphatic rings. The number of aryl methyl sites for hydroxylation is 1. The highest BCUT2D eigenvalue weighted by Gasteiger charge is 2.47. The fourth-order valence-corrected chi connectivity index (χ4v) is 3.37. The third-order valence-corrected chi connectivity index (χ3v) is 4.55. The second-order valence-electron chi connectivity index (χ2n) is 5.78. The van der Waals surface area contributed by atoms with Gasteiger partial charge in [0.15, 0.2) is 5.78 Å². The molecular weight excluding hydrogens is 255 g/mol. The minimum Gasteiger partial charge on any atom is -0.393 e. The van der Waals surface area contributed by atoms with Crippen LogP contribution in [0, 0.1) is 18.2 Å². The number of rotatable bonds is 0. The summed E-state index contributed by atoms with van der Waals surface area (Å²) < 4.78 is 13.6. The normalized spacial score (nSPS) is 28.1. The zero-order valence-electron chi connectivity index (χ0n) is 12.5. The van der Waals surface area contributed by atoms with Gasteiger partial charge in [0.05, 0.1) is 6.10 Å². The van der Waals surface area contributed by atoms with Crippen LogP contribution in [0.5, 0.6) is 0 Å².